The van der Waals surface area contributed by atoms with Gasteiger partial charge in [0.1, 0.15) is 12.4 Å². The first kappa shape index (κ1) is 15.2. The standard InChI is InChI=1S/C15H20N4O2/c1-10-16-14(19-18-10)11-6-5-7-12(8-11)17-13(20)9-21-15(2,3)4/h5-8H,9H2,1-4H3,(H,17,20)(H,16,18,19). The molecule has 21 heavy (non-hydrogen) atoms. The lowest BCUT2D eigenvalue weighted by Gasteiger charge is -2.19. The Labute approximate surface area is 123 Å². The minimum atomic E-state index is -0.338. The summed E-state index contributed by atoms with van der Waals surface area (Å²) in [5, 5.41) is 9.70. The number of anilines is 1. The highest BCUT2D eigenvalue weighted by Gasteiger charge is 2.13. The number of hydrogen-bond donors (Lipinski definition) is 2. The van der Waals surface area contributed by atoms with E-state index in [9.17, 15) is 4.79 Å². The fraction of sp³-hybridized carbons (Fsp3) is 0.400. The number of aromatic nitrogens is 3. The van der Waals surface area contributed by atoms with Gasteiger partial charge in [0.25, 0.3) is 0 Å². The molecule has 0 saturated carbocycles. The van der Waals surface area contributed by atoms with Crippen LogP contribution in [0.5, 0.6) is 0 Å². The van der Waals surface area contributed by atoms with Crippen molar-refractivity contribution in [1.29, 1.82) is 0 Å². The molecule has 0 aliphatic carbocycles. The highest BCUT2D eigenvalue weighted by Crippen LogP contribution is 2.19. The van der Waals surface area contributed by atoms with Gasteiger partial charge in [-0.05, 0) is 39.8 Å². The maximum atomic E-state index is 11.8. The summed E-state index contributed by atoms with van der Waals surface area (Å²) in [6.45, 7) is 7.59. The van der Waals surface area contributed by atoms with E-state index in [4.69, 9.17) is 4.74 Å². The first-order valence-corrected chi connectivity index (χ1v) is 6.77. The second-order valence-corrected chi connectivity index (χ2v) is 5.77. The van der Waals surface area contributed by atoms with E-state index in [1.807, 2.05) is 52.0 Å². The lowest BCUT2D eigenvalue weighted by molar-refractivity contribution is -0.125. The molecule has 6 nitrogen and oxygen atoms in total. The SMILES string of the molecule is Cc1nc(-c2cccc(NC(=O)COC(C)(C)C)c2)n[nH]1. The van der Waals surface area contributed by atoms with Crippen molar-refractivity contribution in [3.05, 3.63) is 30.1 Å². The minimum Gasteiger partial charge on any atom is -0.366 e. The molecule has 1 amide bonds. The maximum Gasteiger partial charge on any atom is 0.250 e. The van der Waals surface area contributed by atoms with Crippen LogP contribution in [0.4, 0.5) is 5.69 Å². The van der Waals surface area contributed by atoms with Gasteiger partial charge in [0.15, 0.2) is 5.82 Å². The minimum absolute atomic E-state index is 0.0213. The van der Waals surface area contributed by atoms with Crippen LogP contribution in [0, 0.1) is 6.92 Å². The van der Waals surface area contributed by atoms with E-state index in [1.54, 1.807) is 0 Å². The molecule has 6 heteroatoms. The van der Waals surface area contributed by atoms with Gasteiger partial charge in [-0.25, -0.2) is 4.98 Å². The van der Waals surface area contributed by atoms with Gasteiger partial charge in [0.2, 0.25) is 5.91 Å². The third-order valence-corrected chi connectivity index (χ3v) is 2.64. The molecule has 1 aromatic carbocycles. The Morgan fingerprint density at radius 3 is 2.76 bits per heavy atom. The second-order valence-electron chi connectivity index (χ2n) is 5.77. The molecule has 0 radical (unpaired) electrons. The van der Waals surface area contributed by atoms with Gasteiger partial charge in [-0.15, -0.1) is 0 Å². The number of nitrogens with one attached hydrogen (secondary N) is 2. The Morgan fingerprint density at radius 2 is 2.14 bits per heavy atom. The van der Waals surface area contributed by atoms with Crippen molar-refractivity contribution >= 4 is 11.6 Å². The monoisotopic (exact) mass is 288 g/mol. The third kappa shape index (κ3) is 4.68. The Morgan fingerprint density at radius 1 is 1.38 bits per heavy atom. The molecule has 0 saturated heterocycles. The number of H-pyrrole nitrogens is 1. The van der Waals surface area contributed by atoms with E-state index in [0.717, 1.165) is 11.4 Å². The molecule has 0 aliphatic heterocycles. The quantitative estimate of drug-likeness (QED) is 0.906. The van der Waals surface area contributed by atoms with Crippen LogP contribution in [0.25, 0.3) is 11.4 Å². The fourth-order valence-electron chi connectivity index (χ4n) is 1.69. The Bertz CT molecular complexity index is 629. The number of carbonyl (C=O) groups excluding carboxylic acids is 1. The topological polar surface area (TPSA) is 79.9 Å². The summed E-state index contributed by atoms with van der Waals surface area (Å²) in [6.07, 6.45) is 0. The number of hydrogen-bond acceptors (Lipinski definition) is 4. The van der Waals surface area contributed by atoms with Crippen LogP contribution >= 0.6 is 0 Å². The van der Waals surface area contributed by atoms with E-state index >= 15 is 0 Å². The predicted molar refractivity (Wildman–Crippen MR) is 80.9 cm³/mol. The summed E-state index contributed by atoms with van der Waals surface area (Å²) in [5.74, 6) is 1.17. The zero-order valence-electron chi connectivity index (χ0n) is 12.7. The second kappa shape index (κ2) is 6.05. The van der Waals surface area contributed by atoms with Crippen molar-refractivity contribution in [2.75, 3.05) is 11.9 Å². The number of carbonyl (C=O) groups is 1. The van der Waals surface area contributed by atoms with Crippen molar-refractivity contribution in [3.63, 3.8) is 0 Å². The zero-order valence-corrected chi connectivity index (χ0v) is 12.7. The fourth-order valence-corrected chi connectivity index (χ4v) is 1.69. The van der Waals surface area contributed by atoms with Crippen LogP contribution in [-0.4, -0.2) is 33.3 Å². The smallest absolute Gasteiger partial charge is 0.250 e. The van der Waals surface area contributed by atoms with Gasteiger partial charge < -0.3 is 10.1 Å². The van der Waals surface area contributed by atoms with Gasteiger partial charge in [0.05, 0.1) is 5.60 Å². The lowest BCUT2D eigenvalue weighted by atomic mass is 10.2. The van der Waals surface area contributed by atoms with Gasteiger partial charge in [0, 0.05) is 11.3 Å². The van der Waals surface area contributed by atoms with Crippen LogP contribution in [0.1, 0.15) is 26.6 Å². The Kier molecular flexibility index (Phi) is 4.37. The molecular formula is C15H20N4O2. The van der Waals surface area contributed by atoms with Crippen molar-refractivity contribution in [1.82, 2.24) is 15.2 Å². The zero-order chi connectivity index (χ0) is 15.5. The van der Waals surface area contributed by atoms with E-state index in [-0.39, 0.29) is 18.1 Å². The van der Waals surface area contributed by atoms with Crippen LogP contribution in [0.3, 0.4) is 0 Å². The van der Waals surface area contributed by atoms with Crippen molar-refractivity contribution in [2.45, 2.75) is 33.3 Å². The van der Waals surface area contributed by atoms with Crippen LogP contribution < -0.4 is 5.32 Å². The summed E-state index contributed by atoms with van der Waals surface area (Å²) < 4.78 is 5.44. The average molecular weight is 288 g/mol. The molecule has 0 unspecified atom stereocenters. The molecule has 0 spiro atoms. The molecule has 2 N–H and O–H groups in total. The summed E-state index contributed by atoms with van der Waals surface area (Å²) >= 11 is 0. The molecule has 2 rings (SSSR count). The predicted octanol–water partition coefficient (Wildman–Crippen LogP) is 2.53. The number of nitrogens with zero attached hydrogens (tertiary/aromatic N) is 2. The third-order valence-electron chi connectivity index (χ3n) is 2.64. The lowest BCUT2D eigenvalue weighted by Crippen LogP contribution is -2.27. The number of amides is 1. The summed E-state index contributed by atoms with van der Waals surface area (Å²) in [6, 6.07) is 7.39. The maximum absolute atomic E-state index is 11.8. The highest BCUT2D eigenvalue weighted by atomic mass is 16.5. The van der Waals surface area contributed by atoms with Gasteiger partial charge >= 0.3 is 0 Å². The number of aromatic amines is 1. The summed E-state index contributed by atoms with van der Waals surface area (Å²) in [4.78, 5) is 16.1. The first-order chi connectivity index (χ1) is 9.83. The van der Waals surface area contributed by atoms with Gasteiger partial charge in [-0.3, -0.25) is 9.89 Å². The molecule has 0 aliphatic rings. The number of benzene rings is 1. The first-order valence-electron chi connectivity index (χ1n) is 6.77. The van der Waals surface area contributed by atoms with Crippen molar-refractivity contribution < 1.29 is 9.53 Å². The summed E-state index contributed by atoms with van der Waals surface area (Å²) in [7, 11) is 0. The van der Waals surface area contributed by atoms with Gasteiger partial charge in [-0.2, -0.15) is 5.10 Å². The summed E-state index contributed by atoms with van der Waals surface area (Å²) in [5.41, 5.74) is 1.20. The van der Waals surface area contributed by atoms with E-state index in [1.165, 1.54) is 0 Å². The molecule has 1 heterocycles. The normalized spacial score (nSPS) is 11.4. The molecule has 2 aromatic rings. The average Bonchev–Trinajstić information content (AvgIpc) is 2.83. The number of rotatable bonds is 4. The Hall–Kier alpha value is -2.21. The molecule has 0 bridgehead atoms. The van der Waals surface area contributed by atoms with Crippen LogP contribution in [0.15, 0.2) is 24.3 Å². The van der Waals surface area contributed by atoms with Crippen LogP contribution in [0.2, 0.25) is 0 Å². The largest absolute Gasteiger partial charge is 0.366 e. The molecule has 0 atom stereocenters. The highest BCUT2D eigenvalue weighted by molar-refractivity contribution is 5.92. The van der Waals surface area contributed by atoms with Gasteiger partial charge in [-0.1, -0.05) is 12.1 Å². The molecule has 1 aromatic heterocycles. The van der Waals surface area contributed by atoms with Crippen molar-refractivity contribution in [2.24, 2.45) is 0 Å². The molecule has 0 fully saturated rings. The van der Waals surface area contributed by atoms with Crippen molar-refractivity contribution in [3.8, 4) is 11.4 Å². The molecular weight excluding hydrogens is 268 g/mol. The molecule has 112 valence electrons. The number of ether oxygens (including phenoxy) is 1. The van der Waals surface area contributed by atoms with E-state index in [0.29, 0.717) is 11.5 Å². The number of aryl methyl sites for hydroxylation is 1. The van der Waals surface area contributed by atoms with Crippen LogP contribution in [-0.2, 0) is 9.53 Å². The Balaban J connectivity index is 2.03. The van der Waals surface area contributed by atoms with E-state index < -0.39 is 0 Å². The van der Waals surface area contributed by atoms with E-state index in [2.05, 4.69) is 20.5 Å².